The Morgan fingerprint density at radius 3 is 2.13 bits per heavy atom. The van der Waals surface area contributed by atoms with E-state index in [1.54, 1.807) is 0 Å². The van der Waals surface area contributed by atoms with Gasteiger partial charge in [0.1, 0.15) is 0 Å². The number of likely N-dealkylation sites (tertiary alicyclic amines) is 1. The molecule has 0 spiro atoms. The van der Waals surface area contributed by atoms with Crippen LogP contribution in [0.2, 0.25) is 0 Å². The molecule has 0 aromatic heterocycles. The summed E-state index contributed by atoms with van der Waals surface area (Å²) < 4.78 is 0. The first-order chi connectivity index (χ1) is 10.8. The highest BCUT2D eigenvalue weighted by Crippen LogP contribution is 2.37. The van der Waals surface area contributed by atoms with E-state index in [1.165, 1.54) is 76.0 Å². The van der Waals surface area contributed by atoms with Crippen LogP contribution < -0.4 is 5.73 Å². The van der Waals surface area contributed by atoms with E-state index >= 15 is 0 Å². The molecule has 0 aromatic rings. The molecule has 0 unspecified atom stereocenters. The highest BCUT2D eigenvalue weighted by molar-refractivity contribution is 14.0. The molecule has 4 nitrogen and oxygen atoms in total. The molecule has 2 N–H and O–H groups in total. The zero-order chi connectivity index (χ0) is 15.3. The Bertz CT molecular complexity index is 371. The average Bonchev–Trinajstić information content (AvgIpc) is 2.88. The molecule has 0 atom stereocenters. The third-order valence-electron chi connectivity index (χ3n) is 5.68. The number of nitrogens with two attached hydrogens (primary N) is 1. The van der Waals surface area contributed by atoms with E-state index in [9.17, 15) is 0 Å². The maximum Gasteiger partial charge on any atom is 0.191 e. The third kappa shape index (κ3) is 5.14. The lowest BCUT2D eigenvalue weighted by atomic mass is 9.95. The van der Waals surface area contributed by atoms with E-state index < -0.39 is 0 Å². The van der Waals surface area contributed by atoms with Crippen LogP contribution in [0.5, 0.6) is 0 Å². The van der Waals surface area contributed by atoms with Crippen molar-refractivity contribution in [2.24, 2.45) is 10.7 Å². The van der Waals surface area contributed by atoms with Crippen LogP contribution in [0, 0.1) is 0 Å². The number of nitrogens with zero attached hydrogens (tertiary/aromatic N) is 3. The minimum absolute atomic E-state index is 0. The summed E-state index contributed by atoms with van der Waals surface area (Å²) in [5, 5.41) is 0. The second-order valence-electron chi connectivity index (χ2n) is 7.11. The Kier molecular flexibility index (Phi) is 8.28. The fourth-order valence-corrected chi connectivity index (χ4v) is 5.18. The summed E-state index contributed by atoms with van der Waals surface area (Å²) in [6.07, 6.45) is 10.6. The fraction of sp³-hybridized carbons (Fsp3) is 0.941. The van der Waals surface area contributed by atoms with Gasteiger partial charge < -0.3 is 10.6 Å². The highest BCUT2D eigenvalue weighted by Gasteiger charge is 2.39. The zero-order valence-corrected chi connectivity index (χ0v) is 17.5. The van der Waals surface area contributed by atoms with E-state index in [2.05, 4.69) is 21.6 Å². The number of hydrogen-bond acceptors (Lipinski definition) is 3. The van der Waals surface area contributed by atoms with Crippen LogP contribution in [0.25, 0.3) is 0 Å². The molecule has 0 radical (unpaired) electrons. The first-order valence-corrected chi connectivity index (χ1v) is 10.3. The first-order valence-electron chi connectivity index (χ1n) is 9.18. The summed E-state index contributed by atoms with van der Waals surface area (Å²) in [6.45, 7) is 5.60. The van der Waals surface area contributed by atoms with Crippen molar-refractivity contribution in [1.82, 2.24) is 9.80 Å². The van der Waals surface area contributed by atoms with Crippen molar-refractivity contribution < 1.29 is 0 Å². The van der Waals surface area contributed by atoms with E-state index in [1.807, 2.05) is 0 Å². The number of aliphatic imine (C=N–C) groups is 1. The van der Waals surface area contributed by atoms with Crippen LogP contribution in [0.1, 0.15) is 51.4 Å². The van der Waals surface area contributed by atoms with Gasteiger partial charge in [-0.05, 0) is 25.7 Å². The quantitative estimate of drug-likeness (QED) is 0.406. The first kappa shape index (κ1) is 19.6. The van der Waals surface area contributed by atoms with Gasteiger partial charge in [0.25, 0.3) is 0 Å². The molecule has 3 rings (SSSR count). The molecular formula is C17H33IN4S. The molecule has 1 saturated carbocycles. The predicted molar refractivity (Wildman–Crippen MR) is 112 cm³/mol. The molecule has 0 bridgehead atoms. The van der Waals surface area contributed by atoms with Crippen LogP contribution in [0.15, 0.2) is 4.99 Å². The second kappa shape index (κ2) is 9.70. The summed E-state index contributed by atoms with van der Waals surface area (Å²) in [5.41, 5.74) is 6.65. The van der Waals surface area contributed by atoms with Gasteiger partial charge in [-0.3, -0.25) is 9.89 Å². The molecule has 1 aliphatic carbocycles. The zero-order valence-electron chi connectivity index (χ0n) is 14.3. The molecule has 2 saturated heterocycles. The van der Waals surface area contributed by atoms with Gasteiger partial charge in [-0.15, -0.1) is 24.0 Å². The summed E-state index contributed by atoms with van der Waals surface area (Å²) in [4.78, 5) is 9.94. The minimum Gasteiger partial charge on any atom is -0.370 e. The molecule has 134 valence electrons. The van der Waals surface area contributed by atoms with Crippen LogP contribution in [-0.4, -0.2) is 65.5 Å². The lowest BCUT2D eigenvalue weighted by molar-refractivity contribution is 0.112. The molecule has 2 heterocycles. The largest absolute Gasteiger partial charge is 0.370 e. The Morgan fingerprint density at radius 1 is 0.913 bits per heavy atom. The van der Waals surface area contributed by atoms with Crippen molar-refractivity contribution in [2.75, 3.05) is 44.2 Å². The van der Waals surface area contributed by atoms with E-state index in [4.69, 9.17) is 10.7 Å². The Labute approximate surface area is 163 Å². The lowest BCUT2D eigenvalue weighted by Crippen LogP contribution is -2.53. The van der Waals surface area contributed by atoms with Crippen molar-refractivity contribution in [2.45, 2.75) is 56.9 Å². The third-order valence-corrected chi connectivity index (χ3v) is 6.62. The lowest BCUT2D eigenvalue weighted by Gasteiger charge is -2.42. The summed E-state index contributed by atoms with van der Waals surface area (Å²) in [7, 11) is 0. The van der Waals surface area contributed by atoms with Gasteiger partial charge in [-0.1, -0.05) is 25.7 Å². The smallest absolute Gasteiger partial charge is 0.191 e. The number of rotatable bonds is 3. The Balaban J connectivity index is 0.00000192. The van der Waals surface area contributed by atoms with Gasteiger partial charge in [0.05, 0.1) is 6.54 Å². The van der Waals surface area contributed by atoms with Gasteiger partial charge in [-0.25, -0.2) is 0 Å². The van der Waals surface area contributed by atoms with Gasteiger partial charge in [-0.2, -0.15) is 11.8 Å². The summed E-state index contributed by atoms with van der Waals surface area (Å²) in [6, 6.07) is 0. The molecule has 0 amide bonds. The van der Waals surface area contributed by atoms with Crippen molar-refractivity contribution >= 4 is 41.7 Å². The van der Waals surface area contributed by atoms with Crippen molar-refractivity contribution in [3.63, 3.8) is 0 Å². The molecule has 2 aliphatic heterocycles. The number of hydrogen-bond donors (Lipinski definition) is 1. The predicted octanol–water partition coefficient (Wildman–Crippen LogP) is 3.16. The monoisotopic (exact) mass is 452 g/mol. The molecule has 3 aliphatic rings. The Hall–Kier alpha value is 0.310. The number of halogens is 1. The molecule has 0 aromatic carbocycles. The fourth-order valence-electron chi connectivity index (χ4n) is 4.27. The maximum absolute atomic E-state index is 6.34. The second-order valence-corrected chi connectivity index (χ2v) is 8.33. The number of guanidine groups is 1. The summed E-state index contributed by atoms with van der Waals surface area (Å²) >= 11 is 2.10. The average molecular weight is 452 g/mol. The van der Waals surface area contributed by atoms with Crippen molar-refractivity contribution in [3.8, 4) is 0 Å². The van der Waals surface area contributed by atoms with Crippen LogP contribution in [-0.2, 0) is 0 Å². The minimum atomic E-state index is 0. The van der Waals surface area contributed by atoms with Gasteiger partial charge in [0, 0.05) is 43.2 Å². The molecule has 3 fully saturated rings. The van der Waals surface area contributed by atoms with Gasteiger partial charge >= 0.3 is 0 Å². The molecule has 23 heavy (non-hydrogen) atoms. The normalized spacial score (nSPS) is 26.6. The van der Waals surface area contributed by atoms with Crippen LogP contribution in [0.4, 0.5) is 0 Å². The Morgan fingerprint density at radius 2 is 1.52 bits per heavy atom. The number of thioether (sulfide) groups is 1. The SMILES string of the molecule is I.NC(=NCC1(N2CCSCC2)CCCC1)N1CCCCCC1. The van der Waals surface area contributed by atoms with Crippen molar-refractivity contribution in [1.29, 1.82) is 0 Å². The maximum atomic E-state index is 6.34. The van der Waals surface area contributed by atoms with E-state index in [-0.39, 0.29) is 24.0 Å². The van der Waals surface area contributed by atoms with E-state index in [0.29, 0.717) is 5.54 Å². The van der Waals surface area contributed by atoms with Crippen LogP contribution in [0.3, 0.4) is 0 Å². The van der Waals surface area contributed by atoms with Crippen LogP contribution >= 0.6 is 35.7 Å². The van der Waals surface area contributed by atoms with E-state index in [0.717, 1.165) is 25.6 Å². The highest BCUT2D eigenvalue weighted by atomic mass is 127. The standard InChI is InChI=1S/C17H32N4S.HI/c18-16(20-9-5-1-2-6-10-20)19-15-17(7-3-4-8-17)21-11-13-22-14-12-21;/h1-15H2,(H2,18,19);1H. The summed E-state index contributed by atoms with van der Waals surface area (Å²) in [5.74, 6) is 3.37. The molecule has 6 heteroatoms. The van der Waals surface area contributed by atoms with Gasteiger partial charge in [0.2, 0.25) is 0 Å². The molecular weight excluding hydrogens is 419 g/mol. The topological polar surface area (TPSA) is 44.9 Å². The van der Waals surface area contributed by atoms with Gasteiger partial charge in [0.15, 0.2) is 5.96 Å². The van der Waals surface area contributed by atoms with Crippen molar-refractivity contribution in [3.05, 3.63) is 0 Å².